The summed E-state index contributed by atoms with van der Waals surface area (Å²) in [5, 5.41) is 25.4. The number of aryl methyl sites for hydroxylation is 1. The van der Waals surface area contributed by atoms with Gasteiger partial charge in [0.25, 0.3) is 0 Å². The molecule has 3 aromatic heterocycles. The molecule has 3 aliphatic rings. The molecule has 2 saturated heterocycles. The monoisotopic (exact) mass is 632 g/mol. The first-order chi connectivity index (χ1) is 22.9. The van der Waals surface area contributed by atoms with Crippen molar-refractivity contribution in [2.75, 3.05) is 50.0 Å². The van der Waals surface area contributed by atoms with Crippen molar-refractivity contribution >= 4 is 22.3 Å². The van der Waals surface area contributed by atoms with E-state index < -0.39 is 49.2 Å². The number of ether oxygens (including phenoxy) is 2. The third-order valence-corrected chi connectivity index (χ3v) is 9.53. The minimum Gasteiger partial charge on any atom is -0.459 e. The van der Waals surface area contributed by atoms with E-state index in [1.165, 1.54) is 11.3 Å². The van der Waals surface area contributed by atoms with Gasteiger partial charge in [-0.05, 0) is 53.0 Å². The summed E-state index contributed by atoms with van der Waals surface area (Å²) in [6.07, 6.45) is -0.396. The van der Waals surface area contributed by atoms with Crippen LogP contribution in [0.5, 0.6) is 6.01 Å². The quantitative estimate of drug-likeness (QED) is 0.390. The summed E-state index contributed by atoms with van der Waals surface area (Å²) in [7, 11) is 0. The smallest absolute Gasteiger partial charge is 0.322 e. The van der Waals surface area contributed by atoms with Gasteiger partial charge in [-0.2, -0.15) is 25.2 Å². The normalized spacial score (nSPS) is 30.6. The second kappa shape index (κ2) is 11.8. The Morgan fingerprint density at radius 2 is 2.18 bits per heavy atom. The number of aromatic nitrogens is 5. The van der Waals surface area contributed by atoms with Crippen LogP contribution in [0, 0.1) is 11.3 Å². The summed E-state index contributed by atoms with van der Waals surface area (Å²) >= 11 is 1.38. The molecule has 0 saturated carbocycles. The molecule has 3 aromatic rings. The van der Waals surface area contributed by atoms with Gasteiger partial charge in [-0.25, -0.2) is 4.39 Å². The molecule has 2 aliphatic heterocycles. The molecular weight excluding hydrogens is 589 g/mol. The zero-order chi connectivity index (χ0) is 35.5. The zero-order valence-corrected chi connectivity index (χ0v) is 25.5. The van der Waals surface area contributed by atoms with E-state index in [1.807, 2.05) is 6.92 Å². The molecule has 2 fully saturated rings. The van der Waals surface area contributed by atoms with Gasteiger partial charge in [-0.1, -0.05) is 12.0 Å². The Morgan fingerprint density at radius 1 is 1.34 bits per heavy atom. The van der Waals surface area contributed by atoms with Crippen LogP contribution in [-0.4, -0.2) is 98.4 Å². The number of rotatable bonds is 7. The minimum absolute atomic E-state index is 0.00547. The average Bonchev–Trinajstić information content (AvgIpc) is 3.72. The van der Waals surface area contributed by atoms with Crippen molar-refractivity contribution in [3.05, 3.63) is 21.9 Å². The van der Waals surface area contributed by atoms with Gasteiger partial charge >= 0.3 is 6.01 Å². The molecule has 44 heavy (non-hydrogen) atoms. The summed E-state index contributed by atoms with van der Waals surface area (Å²) in [5.74, 6) is 0.289. The highest BCUT2D eigenvalue weighted by molar-refractivity contribution is 7.16. The molecule has 236 valence electrons. The number of alkyl halides is 1. The Morgan fingerprint density at radius 3 is 2.98 bits per heavy atom. The van der Waals surface area contributed by atoms with Crippen LogP contribution < -0.4 is 15.4 Å². The second-order valence-electron chi connectivity index (χ2n) is 12.1. The summed E-state index contributed by atoms with van der Waals surface area (Å²) in [4.78, 5) is 21.9. The molecule has 0 radical (unpaired) electrons. The molecule has 0 unspecified atom stereocenters. The van der Waals surface area contributed by atoms with Crippen molar-refractivity contribution < 1.29 is 30.3 Å². The van der Waals surface area contributed by atoms with Gasteiger partial charge in [-0.3, -0.25) is 4.90 Å². The van der Waals surface area contributed by atoms with Crippen LogP contribution >= 0.6 is 11.3 Å². The second-order valence-corrected chi connectivity index (χ2v) is 13.2. The predicted octanol–water partition coefficient (Wildman–Crippen LogP) is 2.87. The summed E-state index contributed by atoms with van der Waals surface area (Å²) in [5.41, 5.74) is 5.30. The largest absolute Gasteiger partial charge is 0.459 e. The van der Waals surface area contributed by atoms with Crippen molar-refractivity contribution in [1.82, 2.24) is 30.0 Å². The number of nitrogens with zero attached hydrogens (tertiary/aromatic N) is 8. The number of aliphatic hydroxyl groups is 1. The molecule has 0 spiro atoms. The van der Waals surface area contributed by atoms with E-state index in [-0.39, 0.29) is 55.7 Å². The lowest BCUT2D eigenvalue weighted by Gasteiger charge is -2.30. The summed E-state index contributed by atoms with van der Waals surface area (Å²) in [6, 6.07) is 1.02. The SMILES string of the molecule is [2H]C([2H])([2H])C([2H])([2H])N1C[C@H](F)C[C@H]1[C@H](C)Oc1nc(-c2noc([C@@]3(C)CCCc4sc(N)c(C#N)c43)n2)nc(N2CCOC[C@@](C)(O)C2)n1. The van der Waals surface area contributed by atoms with E-state index in [0.29, 0.717) is 23.5 Å². The Bertz CT molecular complexity index is 1750. The third kappa shape index (κ3) is 5.71. The van der Waals surface area contributed by atoms with Crippen LogP contribution in [0.2, 0.25) is 0 Å². The molecule has 0 amide bonds. The van der Waals surface area contributed by atoms with E-state index in [4.69, 9.17) is 26.6 Å². The lowest BCUT2D eigenvalue weighted by atomic mass is 9.72. The standard InChI is InChI=1S/C29H38FN9O4S/c1-5-38-13-17(30)11-19(38)16(2)42-27-35-23(34-26(36-27)39-9-10-41-15-28(3,40)14-39)24-33-25(43-37-24)29(4)8-6-7-20-21(29)18(12-31)22(32)44-20/h16-17,19,40H,5-11,13-15,32H2,1-4H3/t16-,17+,19-,28-,29-/m0/s1/i1D3,5D2. The number of hydrogen-bond acceptors (Lipinski definition) is 14. The van der Waals surface area contributed by atoms with Gasteiger partial charge in [0.1, 0.15) is 28.9 Å². The van der Waals surface area contributed by atoms with E-state index in [0.717, 1.165) is 28.2 Å². The lowest BCUT2D eigenvalue weighted by molar-refractivity contribution is -0.0123. The molecule has 15 heteroatoms. The van der Waals surface area contributed by atoms with E-state index in [1.54, 1.807) is 18.7 Å². The van der Waals surface area contributed by atoms with E-state index in [9.17, 15) is 14.8 Å². The Balaban J connectivity index is 1.38. The van der Waals surface area contributed by atoms with Gasteiger partial charge in [0, 0.05) is 36.4 Å². The summed E-state index contributed by atoms with van der Waals surface area (Å²) < 4.78 is 71.9. The van der Waals surface area contributed by atoms with Gasteiger partial charge in [0.05, 0.1) is 30.7 Å². The summed E-state index contributed by atoms with van der Waals surface area (Å²) in [6.45, 7) is -0.425. The Hall–Kier alpha value is -3.45. The first-order valence-electron chi connectivity index (χ1n) is 17.0. The molecular formula is C29H38FN9O4S. The maximum Gasteiger partial charge on any atom is 0.322 e. The van der Waals surface area contributed by atoms with Crippen molar-refractivity contribution in [3.63, 3.8) is 0 Å². The fourth-order valence-electron chi connectivity index (χ4n) is 6.29. The van der Waals surface area contributed by atoms with Gasteiger partial charge in [-0.15, -0.1) is 11.3 Å². The number of thiophene rings is 1. The van der Waals surface area contributed by atoms with Crippen LogP contribution in [0.3, 0.4) is 0 Å². The van der Waals surface area contributed by atoms with Crippen LogP contribution in [0.25, 0.3) is 11.6 Å². The van der Waals surface area contributed by atoms with Gasteiger partial charge in [0.2, 0.25) is 23.5 Å². The molecule has 1 aliphatic carbocycles. The number of nitriles is 1. The number of likely N-dealkylation sites (N-methyl/N-ethyl adjacent to an activating group) is 1. The van der Waals surface area contributed by atoms with Crippen molar-refractivity contribution in [2.24, 2.45) is 0 Å². The number of likely N-dealkylation sites (tertiary alicyclic amines) is 1. The highest BCUT2D eigenvalue weighted by Crippen LogP contribution is 2.48. The van der Waals surface area contributed by atoms with Gasteiger partial charge < -0.3 is 29.7 Å². The third-order valence-electron chi connectivity index (χ3n) is 8.46. The molecule has 13 nitrogen and oxygen atoms in total. The maximum atomic E-state index is 14.7. The number of halogens is 1. The first-order valence-corrected chi connectivity index (χ1v) is 15.3. The van der Waals surface area contributed by atoms with Crippen molar-refractivity contribution in [2.45, 2.75) is 82.6 Å². The van der Waals surface area contributed by atoms with Crippen LogP contribution in [0.4, 0.5) is 15.3 Å². The molecule has 6 rings (SSSR count). The highest BCUT2D eigenvalue weighted by atomic mass is 32.1. The number of anilines is 2. The predicted molar refractivity (Wildman–Crippen MR) is 160 cm³/mol. The molecule has 5 atom stereocenters. The number of nitrogens with two attached hydrogens (primary N) is 1. The van der Waals surface area contributed by atoms with Crippen molar-refractivity contribution in [3.8, 4) is 23.7 Å². The number of fused-ring (bicyclic) bond motifs is 1. The first kappa shape index (κ1) is 24.8. The molecule has 0 aromatic carbocycles. The van der Waals surface area contributed by atoms with Gasteiger partial charge in [0.15, 0.2) is 0 Å². The minimum atomic E-state index is -3.04. The average molecular weight is 633 g/mol. The Kier molecular flexibility index (Phi) is 6.66. The highest BCUT2D eigenvalue weighted by Gasteiger charge is 2.43. The molecule has 5 heterocycles. The topological polar surface area (TPSA) is 173 Å². The number of hydrogen-bond donors (Lipinski definition) is 2. The van der Waals surface area contributed by atoms with Crippen LogP contribution in [0.15, 0.2) is 4.52 Å². The fourth-order valence-corrected chi connectivity index (χ4v) is 7.48. The maximum absolute atomic E-state index is 14.7. The van der Waals surface area contributed by atoms with E-state index in [2.05, 4.69) is 31.2 Å². The van der Waals surface area contributed by atoms with E-state index >= 15 is 0 Å². The van der Waals surface area contributed by atoms with Crippen molar-refractivity contribution in [1.29, 1.82) is 5.26 Å². The number of nitrogen functional groups attached to an aromatic ring is 1. The number of β-amino-alcohol motifs (C(OH)–C–C–N with tert-alkyl or cyclic N) is 1. The zero-order valence-electron chi connectivity index (χ0n) is 29.7. The molecule has 3 N–H and O–H groups in total. The fraction of sp³-hybridized carbons (Fsp3) is 0.655. The van der Waals surface area contributed by atoms with Crippen LogP contribution in [-0.2, 0) is 16.6 Å². The van der Waals surface area contributed by atoms with Crippen LogP contribution in [0.1, 0.15) is 75.6 Å². The lowest BCUT2D eigenvalue weighted by Crippen LogP contribution is -2.43. The Labute approximate surface area is 266 Å². The molecule has 0 bridgehead atoms.